The lowest BCUT2D eigenvalue weighted by molar-refractivity contribution is 0.0689. The van der Waals surface area contributed by atoms with Crippen LogP contribution in [0.4, 0.5) is 0 Å². The minimum atomic E-state index is -0.351. The van der Waals surface area contributed by atoms with Gasteiger partial charge < -0.3 is 14.3 Å². The van der Waals surface area contributed by atoms with Gasteiger partial charge in [0.25, 0.3) is 5.91 Å². The highest BCUT2D eigenvalue weighted by Gasteiger charge is 2.36. The molecule has 1 aliphatic heterocycles. The van der Waals surface area contributed by atoms with E-state index in [9.17, 15) is 4.79 Å². The molecule has 29 heavy (non-hydrogen) atoms. The third-order valence-corrected chi connectivity index (χ3v) is 5.51. The van der Waals surface area contributed by atoms with E-state index in [2.05, 4.69) is 15.1 Å². The number of nitrogens with zero attached hydrogens (tertiary/aromatic N) is 6. The number of imidazole rings is 2. The Balaban J connectivity index is 0.00000193. The quantitative estimate of drug-likeness (QED) is 0.506. The number of pyridine rings is 2. The summed E-state index contributed by atoms with van der Waals surface area (Å²) in [5, 5.41) is 4.33. The molecule has 0 bridgehead atoms. The van der Waals surface area contributed by atoms with Crippen LogP contribution in [0.15, 0.2) is 67.5 Å². The van der Waals surface area contributed by atoms with Gasteiger partial charge in [0.1, 0.15) is 11.7 Å². The zero-order valence-electron chi connectivity index (χ0n) is 15.4. The highest BCUT2D eigenvalue weighted by atomic mass is 16.2. The topological polar surface area (TPSA) is 83.6 Å². The lowest BCUT2D eigenvalue weighted by Crippen LogP contribution is -2.41. The fourth-order valence-corrected chi connectivity index (χ4v) is 4.14. The first-order valence-corrected chi connectivity index (χ1v) is 9.49. The molecule has 0 aromatic carbocycles. The number of aromatic nitrogens is 6. The molecule has 8 heteroatoms. The first-order valence-electron chi connectivity index (χ1n) is 9.49. The molecule has 5 aromatic rings. The van der Waals surface area contributed by atoms with Gasteiger partial charge >= 0.3 is 0 Å². The van der Waals surface area contributed by atoms with Gasteiger partial charge in [-0.1, -0.05) is 12.1 Å². The van der Waals surface area contributed by atoms with E-state index in [1.807, 2.05) is 64.3 Å². The molecule has 6 heterocycles. The molecule has 0 saturated carbocycles. The van der Waals surface area contributed by atoms with Gasteiger partial charge in [-0.3, -0.25) is 4.79 Å². The summed E-state index contributed by atoms with van der Waals surface area (Å²) >= 11 is 0. The lowest BCUT2D eigenvalue weighted by Gasteiger charge is -2.33. The van der Waals surface area contributed by atoms with Crippen LogP contribution in [0.1, 0.15) is 34.9 Å². The molecule has 0 unspecified atom stereocenters. The van der Waals surface area contributed by atoms with Crippen molar-refractivity contribution >= 4 is 17.1 Å². The average Bonchev–Trinajstić information content (AvgIpc) is 3.49. The van der Waals surface area contributed by atoms with Gasteiger partial charge in [-0.2, -0.15) is 5.10 Å². The molecular weight excluding hydrogens is 366 g/mol. The molecule has 0 saturated heterocycles. The summed E-state index contributed by atoms with van der Waals surface area (Å²) in [6.45, 7) is 0.580. The van der Waals surface area contributed by atoms with Crippen LogP contribution in [-0.4, -0.2) is 46.3 Å². The Hall–Kier alpha value is -3.94. The second kappa shape index (κ2) is 6.03. The zero-order valence-corrected chi connectivity index (χ0v) is 15.4. The van der Waals surface area contributed by atoms with Crippen molar-refractivity contribution in [3.63, 3.8) is 0 Å². The molecule has 144 valence electrons. The lowest BCUT2D eigenvalue weighted by atomic mass is 9.99. The number of hydrogen-bond acceptors (Lipinski definition) is 4. The third-order valence-electron chi connectivity index (χ3n) is 5.51. The summed E-state index contributed by atoms with van der Waals surface area (Å²) in [5.74, 6) is -0.0677. The van der Waals surface area contributed by atoms with Crippen LogP contribution in [0.2, 0.25) is 0 Å². The molecule has 1 atom stereocenters. The molecule has 0 spiro atoms. The largest absolute Gasteiger partial charge is 0.348 e. The Labute approximate surface area is 166 Å². The number of carbonyl (C=O) groups excluding carboxylic acids is 1. The van der Waals surface area contributed by atoms with E-state index < -0.39 is 0 Å². The molecule has 0 radical (unpaired) electrons. The Morgan fingerprint density at radius 2 is 2.07 bits per heavy atom. The van der Waals surface area contributed by atoms with Crippen LogP contribution in [0.25, 0.3) is 11.2 Å². The second-order valence-corrected chi connectivity index (χ2v) is 7.14. The molecule has 8 nitrogen and oxygen atoms in total. The van der Waals surface area contributed by atoms with Gasteiger partial charge in [-0.25, -0.2) is 14.5 Å². The summed E-state index contributed by atoms with van der Waals surface area (Å²) in [6.07, 6.45) is 9.82. The predicted octanol–water partition coefficient (Wildman–Crippen LogP) is 2.74. The van der Waals surface area contributed by atoms with Crippen molar-refractivity contribution in [1.82, 2.24) is 33.9 Å². The van der Waals surface area contributed by atoms with Crippen molar-refractivity contribution in [2.24, 2.45) is 0 Å². The molecule has 1 aliphatic rings. The fraction of sp³-hybridized carbons (Fsp3) is 0.143. The number of hydrogen-bond donors (Lipinski definition) is 1. The standard InChI is InChI=1S/C21H17N7O.H2/c29-21(14-11-24-28-9-4-1-5-17(14)28)27-10-7-15-19(23-13-22-15)20(27)16-12-26-8-3-2-6-18(26)25-16;/h1-6,8-9,11-13,20H,7,10H2,(H,22,23);1H/t20-;/m0./s1. The second-order valence-electron chi connectivity index (χ2n) is 7.14. The van der Waals surface area contributed by atoms with Gasteiger partial charge in [0.05, 0.1) is 35.0 Å². The number of carbonyl (C=O) groups is 1. The van der Waals surface area contributed by atoms with Crippen molar-refractivity contribution in [1.29, 1.82) is 0 Å². The summed E-state index contributed by atoms with van der Waals surface area (Å²) in [5.41, 5.74) is 4.92. The number of rotatable bonds is 2. The summed E-state index contributed by atoms with van der Waals surface area (Å²) < 4.78 is 3.69. The van der Waals surface area contributed by atoms with Crippen molar-refractivity contribution in [3.8, 4) is 0 Å². The van der Waals surface area contributed by atoms with Crippen LogP contribution >= 0.6 is 0 Å². The first kappa shape index (κ1) is 16.1. The van der Waals surface area contributed by atoms with E-state index in [0.29, 0.717) is 12.1 Å². The predicted molar refractivity (Wildman–Crippen MR) is 108 cm³/mol. The highest BCUT2D eigenvalue weighted by Crippen LogP contribution is 2.34. The normalized spacial score (nSPS) is 16.4. The Morgan fingerprint density at radius 1 is 1.17 bits per heavy atom. The molecule has 5 aromatic heterocycles. The summed E-state index contributed by atoms with van der Waals surface area (Å²) in [6, 6.07) is 11.2. The summed E-state index contributed by atoms with van der Waals surface area (Å²) in [7, 11) is 0. The number of fused-ring (bicyclic) bond motifs is 3. The highest BCUT2D eigenvalue weighted by molar-refractivity contribution is 6.01. The van der Waals surface area contributed by atoms with Gasteiger partial charge in [-0.05, 0) is 24.3 Å². The van der Waals surface area contributed by atoms with Crippen LogP contribution in [-0.2, 0) is 6.42 Å². The number of aromatic amines is 1. The molecule has 0 fully saturated rings. The average molecular weight is 385 g/mol. The SMILES string of the molecule is O=C(c1cnn2ccccc12)N1CCc2[nH]cnc2[C@@H]1c1cn2ccccc2n1.[HH]. The Bertz CT molecular complexity index is 1330. The van der Waals surface area contributed by atoms with E-state index in [4.69, 9.17) is 4.98 Å². The van der Waals surface area contributed by atoms with Crippen molar-refractivity contribution in [2.45, 2.75) is 12.5 Å². The molecule has 6 rings (SSSR count). The van der Waals surface area contributed by atoms with Crippen molar-refractivity contribution in [2.75, 3.05) is 6.54 Å². The molecular formula is C21H19N7O. The Morgan fingerprint density at radius 3 is 3.00 bits per heavy atom. The minimum absolute atomic E-state index is 0. The monoisotopic (exact) mass is 385 g/mol. The van der Waals surface area contributed by atoms with Crippen LogP contribution < -0.4 is 0 Å². The van der Waals surface area contributed by atoms with Crippen molar-refractivity contribution in [3.05, 3.63) is 90.2 Å². The number of amides is 1. The van der Waals surface area contributed by atoms with E-state index in [1.165, 1.54) is 0 Å². The first-order chi connectivity index (χ1) is 14.3. The number of H-pyrrole nitrogens is 1. The third kappa shape index (κ3) is 2.39. The number of nitrogens with one attached hydrogen (secondary N) is 1. The van der Waals surface area contributed by atoms with Crippen LogP contribution in [0.5, 0.6) is 0 Å². The summed E-state index contributed by atoms with van der Waals surface area (Å²) in [4.78, 5) is 28.0. The maximum atomic E-state index is 13.6. The molecule has 1 N–H and O–H groups in total. The van der Waals surface area contributed by atoms with Gasteiger partial charge in [0.15, 0.2) is 0 Å². The molecule has 1 amide bonds. The van der Waals surface area contributed by atoms with E-state index in [0.717, 1.165) is 34.7 Å². The molecule has 0 aliphatic carbocycles. The zero-order chi connectivity index (χ0) is 19.4. The maximum Gasteiger partial charge on any atom is 0.258 e. The van der Waals surface area contributed by atoms with Gasteiger partial charge in [-0.15, -0.1) is 0 Å². The Kier molecular flexibility index (Phi) is 3.34. The van der Waals surface area contributed by atoms with Crippen LogP contribution in [0, 0.1) is 0 Å². The van der Waals surface area contributed by atoms with E-state index in [1.54, 1.807) is 17.0 Å². The van der Waals surface area contributed by atoms with E-state index >= 15 is 0 Å². The minimum Gasteiger partial charge on any atom is -0.348 e. The maximum absolute atomic E-state index is 13.6. The van der Waals surface area contributed by atoms with E-state index in [-0.39, 0.29) is 13.4 Å². The van der Waals surface area contributed by atoms with Crippen LogP contribution in [0.3, 0.4) is 0 Å². The smallest absolute Gasteiger partial charge is 0.258 e. The fourth-order valence-electron chi connectivity index (χ4n) is 4.14. The van der Waals surface area contributed by atoms with Crippen molar-refractivity contribution < 1.29 is 6.22 Å². The van der Waals surface area contributed by atoms with Gasteiger partial charge in [0, 0.05) is 38.7 Å². The van der Waals surface area contributed by atoms with Gasteiger partial charge in [0.2, 0.25) is 0 Å².